The normalized spacial score (nSPS) is 20.1. The molecule has 2 atom stereocenters. The van der Waals surface area contributed by atoms with Gasteiger partial charge in [-0.25, -0.2) is 0 Å². The molecule has 1 saturated heterocycles. The van der Waals surface area contributed by atoms with E-state index in [9.17, 15) is 5.11 Å². The van der Waals surface area contributed by atoms with Gasteiger partial charge in [-0.2, -0.15) is 0 Å². The molecule has 1 aromatic rings. The number of aliphatic hydroxyl groups is 1. The zero-order chi connectivity index (χ0) is 13.8. The first-order valence-corrected chi connectivity index (χ1v) is 6.30. The first-order chi connectivity index (χ1) is 9.21. The van der Waals surface area contributed by atoms with Crippen LogP contribution in [0.1, 0.15) is 24.5 Å². The Kier molecular flexibility index (Phi) is 4.50. The lowest BCUT2D eigenvalue weighted by atomic mass is 10.0. The lowest BCUT2D eigenvalue weighted by Gasteiger charge is -2.20. The van der Waals surface area contributed by atoms with Gasteiger partial charge in [-0.1, -0.05) is 0 Å². The van der Waals surface area contributed by atoms with Crippen LogP contribution in [0.2, 0.25) is 0 Å². The number of ether oxygens (including phenoxy) is 4. The van der Waals surface area contributed by atoms with Crippen LogP contribution in [-0.4, -0.2) is 39.1 Å². The van der Waals surface area contributed by atoms with Gasteiger partial charge in [0.2, 0.25) is 5.75 Å². The Hall–Kier alpha value is -1.46. The summed E-state index contributed by atoms with van der Waals surface area (Å²) < 4.78 is 21.3. The number of methoxy groups -OCH3 is 3. The minimum absolute atomic E-state index is 0.164. The topological polar surface area (TPSA) is 57.2 Å². The molecule has 0 aromatic heterocycles. The van der Waals surface area contributed by atoms with Crippen molar-refractivity contribution in [3.63, 3.8) is 0 Å². The molecule has 2 rings (SSSR count). The number of hydrogen-bond donors (Lipinski definition) is 1. The van der Waals surface area contributed by atoms with Crippen LogP contribution in [-0.2, 0) is 4.74 Å². The number of hydrogen-bond acceptors (Lipinski definition) is 5. The van der Waals surface area contributed by atoms with Gasteiger partial charge in [0.25, 0.3) is 0 Å². The van der Waals surface area contributed by atoms with Crippen molar-refractivity contribution < 1.29 is 24.1 Å². The minimum Gasteiger partial charge on any atom is -0.493 e. The second-order valence-corrected chi connectivity index (χ2v) is 4.45. The molecule has 0 saturated carbocycles. The highest BCUT2D eigenvalue weighted by Gasteiger charge is 2.27. The van der Waals surface area contributed by atoms with Crippen molar-refractivity contribution in [2.45, 2.75) is 25.0 Å². The first kappa shape index (κ1) is 14.0. The fraction of sp³-hybridized carbons (Fsp3) is 0.571. The van der Waals surface area contributed by atoms with Crippen LogP contribution >= 0.6 is 0 Å². The molecule has 19 heavy (non-hydrogen) atoms. The monoisotopic (exact) mass is 268 g/mol. The van der Waals surface area contributed by atoms with Crippen molar-refractivity contribution in [2.24, 2.45) is 0 Å². The maximum Gasteiger partial charge on any atom is 0.203 e. The van der Waals surface area contributed by atoms with Gasteiger partial charge < -0.3 is 24.1 Å². The van der Waals surface area contributed by atoms with E-state index in [-0.39, 0.29) is 6.10 Å². The SMILES string of the molecule is COc1cc(C(O)C2CCCO2)cc(OC)c1OC. The van der Waals surface area contributed by atoms with Crippen LogP contribution in [0.3, 0.4) is 0 Å². The van der Waals surface area contributed by atoms with Crippen molar-refractivity contribution in [1.29, 1.82) is 0 Å². The lowest BCUT2D eigenvalue weighted by Crippen LogP contribution is -2.17. The van der Waals surface area contributed by atoms with E-state index in [1.807, 2.05) is 0 Å². The number of benzene rings is 1. The summed E-state index contributed by atoms with van der Waals surface area (Å²) in [6.07, 6.45) is 0.989. The largest absolute Gasteiger partial charge is 0.493 e. The number of rotatable bonds is 5. The molecule has 1 aliphatic rings. The summed E-state index contributed by atoms with van der Waals surface area (Å²) in [5, 5.41) is 10.3. The van der Waals surface area contributed by atoms with Crippen molar-refractivity contribution in [2.75, 3.05) is 27.9 Å². The fourth-order valence-electron chi connectivity index (χ4n) is 2.34. The fourth-order valence-corrected chi connectivity index (χ4v) is 2.34. The van der Waals surface area contributed by atoms with E-state index < -0.39 is 6.10 Å². The summed E-state index contributed by atoms with van der Waals surface area (Å²) in [5.74, 6) is 1.59. The molecule has 0 spiro atoms. The molecule has 1 N–H and O–H groups in total. The molecule has 5 nitrogen and oxygen atoms in total. The Morgan fingerprint density at radius 2 is 1.79 bits per heavy atom. The van der Waals surface area contributed by atoms with Crippen LogP contribution in [0.4, 0.5) is 0 Å². The van der Waals surface area contributed by atoms with E-state index in [4.69, 9.17) is 18.9 Å². The Labute approximate surface area is 113 Å². The summed E-state index contributed by atoms with van der Waals surface area (Å²) in [4.78, 5) is 0. The molecular weight excluding hydrogens is 248 g/mol. The number of aliphatic hydroxyl groups excluding tert-OH is 1. The Morgan fingerprint density at radius 3 is 2.21 bits per heavy atom. The first-order valence-electron chi connectivity index (χ1n) is 6.30. The second kappa shape index (κ2) is 6.12. The molecule has 5 heteroatoms. The molecule has 0 aliphatic carbocycles. The molecule has 1 aliphatic heterocycles. The molecule has 0 radical (unpaired) electrons. The second-order valence-electron chi connectivity index (χ2n) is 4.45. The van der Waals surface area contributed by atoms with E-state index in [1.54, 1.807) is 33.5 Å². The standard InChI is InChI=1S/C14H20O5/c1-16-11-7-9(8-12(17-2)14(11)18-3)13(15)10-5-4-6-19-10/h7-8,10,13,15H,4-6H2,1-3H3. The third kappa shape index (κ3) is 2.77. The summed E-state index contributed by atoms with van der Waals surface area (Å²) in [7, 11) is 4.66. The molecule has 1 heterocycles. The van der Waals surface area contributed by atoms with Crippen LogP contribution < -0.4 is 14.2 Å². The molecule has 106 valence electrons. The average Bonchev–Trinajstić information content (AvgIpc) is 2.98. The van der Waals surface area contributed by atoms with Gasteiger partial charge in [0.1, 0.15) is 6.10 Å². The van der Waals surface area contributed by atoms with E-state index in [0.717, 1.165) is 12.8 Å². The quantitative estimate of drug-likeness (QED) is 0.884. The maximum absolute atomic E-state index is 10.3. The van der Waals surface area contributed by atoms with Crippen molar-refractivity contribution in [1.82, 2.24) is 0 Å². The van der Waals surface area contributed by atoms with Crippen molar-refractivity contribution >= 4 is 0 Å². The van der Waals surface area contributed by atoms with E-state index >= 15 is 0 Å². The lowest BCUT2D eigenvalue weighted by molar-refractivity contribution is -0.00278. The zero-order valence-electron chi connectivity index (χ0n) is 11.5. The van der Waals surface area contributed by atoms with E-state index in [2.05, 4.69) is 0 Å². The van der Waals surface area contributed by atoms with Crippen molar-refractivity contribution in [3.8, 4) is 17.2 Å². The Balaban J connectivity index is 2.34. The molecular formula is C14H20O5. The van der Waals surface area contributed by atoms with Crippen LogP contribution in [0.25, 0.3) is 0 Å². The molecule has 2 unspecified atom stereocenters. The van der Waals surface area contributed by atoms with Gasteiger partial charge >= 0.3 is 0 Å². The van der Waals surface area contributed by atoms with Crippen LogP contribution in [0.5, 0.6) is 17.2 Å². The minimum atomic E-state index is -0.684. The summed E-state index contributed by atoms with van der Waals surface area (Å²) in [5.41, 5.74) is 0.710. The highest BCUT2D eigenvalue weighted by molar-refractivity contribution is 5.54. The Bertz CT molecular complexity index is 401. The van der Waals surface area contributed by atoms with E-state index in [1.165, 1.54) is 0 Å². The predicted molar refractivity (Wildman–Crippen MR) is 70.0 cm³/mol. The van der Waals surface area contributed by atoms with Crippen LogP contribution in [0.15, 0.2) is 12.1 Å². The van der Waals surface area contributed by atoms with Crippen LogP contribution in [0, 0.1) is 0 Å². The zero-order valence-corrected chi connectivity index (χ0v) is 11.5. The van der Waals surface area contributed by atoms with Gasteiger partial charge in [-0.05, 0) is 30.5 Å². The highest BCUT2D eigenvalue weighted by atomic mass is 16.5. The predicted octanol–water partition coefficient (Wildman–Crippen LogP) is 1.92. The molecule has 1 aromatic carbocycles. The van der Waals surface area contributed by atoms with E-state index in [0.29, 0.717) is 29.4 Å². The summed E-state index contributed by atoms with van der Waals surface area (Å²) >= 11 is 0. The average molecular weight is 268 g/mol. The van der Waals surface area contributed by atoms with Crippen molar-refractivity contribution in [3.05, 3.63) is 17.7 Å². The van der Waals surface area contributed by atoms with Gasteiger partial charge in [0.05, 0.1) is 27.4 Å². The molecule has 0 bridgehead atoms. The molecule has 0 amide bonds. The summed E-state index contributed by atoms with van der Waals surface area (Å²) in [6, 6.07) is 3.52. The third-order valence-corrected chi connectivity index (χ3v) is 3.35. The van der Waals surface area contributed by atoms with Gasteiger partial charge in [-0.15, -0.1) is 0 Å². The van der Waals surface area contributed by atoms with Gasteiger partial charge in [-0.3, -0.25) is 0 Å². The van der Waals surface area contributed by atoms with Gasteiger partial charge in [0.15, 0.2) is 11.5 Å². The summed E-state index contributed by atoms with van der Waals surface area (Å²) in [6.45, 7) is 0.701. The van der Waals surface area contributed by atoms with Gasteiger partial charge in [0, 0.05) is 6.61 Å². The Morgan fingerprint density at radius 1 is 1.16 bits per heavy atom. The molecule has 1 fully saturated rings. The smallest absolute Gasteiger partial charge is 0.203 e. The maximum atomic E-state index is 10.3. The third-order valence-electron chi connectivity index (χ3n) is 3.35. The highest BCUT2D eigenvalue weighted by Crippen LogP contribution is 2.41.